The molecule has 0 bridgehead atoms. The van der Waals surface area contributed by atoms with E-state index in [1.54, 1.807) is 0 Å². The molecule has 98 valence electrons. The normalized spacial score (nSPS) is 17.9. The minimum Gasteiger partial charge on any atom is -0.387 e. The predicted octanol–water partition coefficient (Wildman–Crippen LogP) is 2.91. The van der Waals surface area contributed by atoms with Gasteiger partial charge in [0.15, 0.2) is 0 Å². The summed E-state index contributed by atoms with van der Waals surface area (Å²) in [6, 6.07) is 5.94. The highest BCUT2D eigenvalue weighted by Crippen LogP contribution is 2.30. The second-order valence-corrected chi connectivity index (χ2v) is 5.94. The van der Waals surface area contributed by atoms with Crippen LogP contribution in [0.4, 0.5) is 5.69 Å². The average Bonchev–Trinajstić information content (AvgIpc) is 2.68. The Kier molecular flexibility index (Phi) is 3.33. The van der Waals surface area contributed by atoms with E-state index in [9.17, 15) is 4.79 Å². The van der Waals surface area contributed by atoms with Crippen molar-refractivity contribution >= 4 is 11.6 Å². The van der Waals surface area contributed by atoms with Gasteiger partial charge < -0.3 is 10.2 Å². The Bertz CT molecular complexity index is 466. The maximum Gasteiger partial charge on any atom is 0.255 e. The van der Waals surface area contributed by atoms with E-state index in [2.05, 4.69) is 19.2 Å². The topological polar surface area (TPSA) is 32.3 Å². The SMILES string of the molecule is CNc1cc(C)ccc1C(=O)N1CCC(C)(C)C1. The third-order valence-corrected chi connectivity index (χ3v) is 3.64. The molecule has 3 nitrogen and oxygen atoms in total. The first-order chi connectivity index (χ1) is 8.43. The third-order valence-electron chi connectivity index (χ3n) is 3.64. The van der Waals surface area contributed by atoms with Crippen molar-refractivity contribution in [2.45, 2.75) is 27.2 Å². The summed E-state index contributed by atoms with van der Waals surface area (Å²) >= 11 is 0. The largest absolute Gasteiger partial charge is 0.387 e. The van der Waals surface area contributed by atoms with Crippen LogP contribution in [0.3, 0.4) is 0 Å². The van der Waals surface area contributed by atoms with Crippen LogP contribution in [0.2, 0.25) is 0 Å². The minimum atomic E-state index is 0.143. The molecular formula is C15H22N2O. The van der Waals surface area contributed by atoms with Gasteiger partial charge in [-0.3, -0.25) is 4.79 Å². The Labute approximate surface area is 109 Å². The molecule has 18 heavy (non-hydrogen) atoms. The van der Waals surface area contributed by atoms with Crippen LogP contribution in [0.25, 0.3) is 0 Å². The third kappa shape index (κ3) is 2.50. The average molecular weight is 246 g/mol. The van der Waals surface area contributed by atoms with E-state index in [4.69, 9.17) is 0 Å². The molecule has 0 spiro atoms. The number of rotatable bonds is 2. The van der Waals surface area contributed by atoms with Crippen LogP contribution < -0.4 is 5.32 Å². The minimum absolute atomic E-state index is 0.143. The molecule has 1 aromatic carbocycles. The number of anilines is 1. The van der Waals surface area contributed by atoms with Gasteiger partial charge in [0, 0.05) is 25.8 Å². The van der Waals surface area contributed by atoms with Crippen molar-refractivity contribution in [1.82, 2.24) is 4.90 Å². The van der Waals surface area contributed by atoms with Gasteiger partial charge in [-0.05, 0) is 36.5 Å². The van der Waals surface area contributed by atoms with Gasteiger partial charge in [0.05, 0.1) is 5.56 Å². The second-order valence-electron chi connectivity index (χ2n) is 5.94. The lowest BCUT2D eigenvalue weighted by Gasteiger charge is -2.21. The van der Waals surface area contributed by atoms with E-state index in [-0.39, 0.29) is 11.3 Å². The standard InChI is InChI=1S/C15H22N2O/c1-11-5-6-12(13(9-11)16-4)14(18)17-8-7-15(2,3)10-17/h5-6,9,16H,7-8,10H2,1-4H3. The molecule has 1 heterocycles. The molecular weight excluding hydrogens is 224 g/mol. The summed E-state index contributed by atoms with van der Waals surface area (Å²) < 4.78 is 0. The number of nitrogens with one attached hydrogen (secondary N) is 1. The predicted molar refractivity (Wildman–Crippen MR) is 75.0 cm³/mol. The van der Waals surface area contributed by atoms with Crippen LogP contribution in [0, 0.1) is 12.3 Å². The number of amides is 1. The molecule has 1 aliphatic heterocycles. The first-order valence-electron chi connectivity index (χ1n) is 6.51. The lowest BCUT2D eigenvalue weighted by molar-refractivity contribution is 0.0779. The molecule has 3 heteroatoms. The van der Waals surface area contributed by atoms with Crippen LogP contribution in [-0.2, 0) is 0 Å². The maximum absolute atomic E-state index is 12.5. The number of benzene rings is 1. The zero-order chi connectivity index (χ0) is 13.3. The summed E-state index contributed by atoms with van der Waals surface area (Å²) in [6.07, 6.45) is 1.08. The summed E-state index contributed by atoms with van der Waals surface area (Å²) in [7, 11) is 1.86. The van der Waals surface area contributed by atoms with Crippen molar-refractivity contribution in [1.29, 1.82) is 0 Å². The van der Waals surface area contributed by atoms with Crippen molar-refractivity contribution in [2.24, 2.45) is 5.41 Å². The molecule has 0 saturated carbocycles. The van der Waals surface area contributed by atoms with Crippen LogP contribution >= 0.6 is 0 Å². The number of hydrogen-bond acceptors (Lipinski definition) is 2. The second kappa shape index (κ2) is 4.63. The highest BCUT2D eigenvalue weighted by Gasteiger charge is 2.32. The Morgan fingerprint density at radius 3 is 2.67 bits per heavy atom. The van der Waals surface area contributed by atoms with E-state index in [0.717, 1.165) is 36.3 Å². The molecule has 2 rings (SSSR count). The van der Waals surface area contributed by atoms with Crippen molar-refractivity contribution in [3.05, 3.63) is 29.3 Å². The Morgan fingerprint density at radius 1 is 1.39 bits per heavy atom. The van der Waals surface area contributed by atoms with Crippen molar-refractivity contribution in [3.63, 3.8) is 0 Å². The van der Waals surface area contributed by atoms with Gasteiger partial charge in [0.2, 0.25) is 0 Å². The van der Waals surface area contributed by atoms with E-state index < -0.39 is 0 Å². The zero-order valence-corrected chi connectivity index (χ0v) is 11.7. The Balaban J connectivity index is 2.24. The Hall–Kier alpha value is -1.51. The lowest BCUT2D eigenvalue weighted by Crippen LogP contribution is -2.30. The molecule has 1 N–H and O–H groups in total. The number of likely N-dealkylation sites (tertiary alicyclic amines) is 1. The maximum atomic E-state index is 12.5. The van der Waals surface area contributed by atoms with Crippen LogP contribution in [0.15, 0.2) is 18.2 Å². The smallest absolute Gasteiger partial charge is 0.255 e. The van der Waals surface area contributed by atoms with Gasteiger partial charge in [-0.15, -0.1) is 0 Å². The van der Waals surface area contributed by atoms with E-state index in [1.165, 1.54) is 0 Å². The molecule has 1 fully saturated rings. The first kappa shape index (κ1) is 12.9. The fourth-order valence-electron chi connectivity index (χ4n) is 2.51. The summed E-state index contributed by atoms with van der Waals surface area (Å²) in [6.45, 7) is 8.18. The summed E-state index contributed by atoms with van der Waals surface area (Å²) in [5.41, 5.74) is 3.11. The molecule has 1 amide bonds. The quantitative estimate of drug-likeness (QED) is 0.870. The molecule has 0 aromatic heterocycles. The fourth-order valence-corrected chi connectivity index (χ4v) is 2.51. The van der Waals surface area contributed by atoms with E-state index >= 15 is 0 Å². The summed E-state index contributed by atoms with van der Waals surface area (Å²) in [4.78, 5) is 14.5. The number of nitrogens with zero attached hydrogens (tertiary/aromatic N) is 1. The lowest BCUT2D eigenvalue weighted by atomic mass is 9.93. The molecule has 1 saturated heterocycles. The van der Waals surface area contributed by atoms with Crippen LogP contribution in [0.1, 0.15) is 36.2 Å². The fraction of sp³-hybridized carbons (Fsp3) is 0.533. The van der Waals surface area contributed by atoms with Gasteiger partial charge in [-0.1, -0.05) is 19.9 Å². The number of hydrogen-bond donors (Lipinski definition) is 1. The van der Waals surface area contributed by atoms with E-state index in [1.807, 2.05) is 37.1 Å². The zero-order valence-electron chi connectivity index (χ0n) is 11.7. The van der Waals surface area contributed by atoms with Gasteiger partial charge in [-0.2, -0.15) is 0 Å². The van der Waals surface area contributed by atoms with Crippen molar-refractivity contribution in [3.8, 4) is 0 Å². The molecule has 0 aliphatic carbocycles. The molecule has 0 atom stereocenters. The summed E-state index contributed by atoms with van der Waals surface area (Å²) in [5.74, 6) is 0.143. The molecule has 1 aromatic rings. The monoisotopic (exact) mass is 246 g/mol. The van der Waals surface area contributed by atoms with Crippen LogP contribution in [-0.4, -0.2) is 30.9 Å². The van der Waals surface area contributed by atoms with Crippen molar-refractivity contribution in [2.75, 3.05) is 25.5 Å². The highest BCUT2D eigenvalue weighted by molar-refractivity contribution is 5.99. The molecule has 0 radical (unpaired) electrons. The van der Waals surface area contributed by atoms with Crippen molar-refractivity contribution < 1.29 is 4.79 Å². The van der Waals surface area contributed by atoms with Gasteiger partial charge in [0.1, 0.15) is 0 Å². The number of carbonyl (C=O) groups excluding carboxylic acids is 1. The number of carbonyl (C=O) groups is 1. The van der Waals surface area contributed by atoms with E-state index in [0.29, 0.717) is 0 Å². The Morgan fingerprint density at radius 2 is 2.11 bits per heavy atom. The van der Waals surface area contributed by atoms with Crippen LogP contribution in [0.5, 0.6) is 0 Å². The molecule has 1 aliphatic rings. The number of aryl methyl sites for hydroxylation is 1. The van der Waals surface area contributed by atoms with Gasteiger partial charge in [-0.25, -0.2) is 0 Å². The molecule has 0 unspecified atom stereocenters. The summed E-state index contributed by atoms with van der Waals surface area (Å²) in [5, 5.41) is 3.11. The van der Waals surface area contributed by atoms with Gasteiger partial charge >= 0.3 is 0 Å². The first-order valence-corrected chi connectivity index (χ1v) is 6.51. The van der Waals surface area contributed by atoms with Gasteiger partial charge in [0.25, 0.3) is 5.91 Å². The highest BCUT2D eigenvalue weighted by atomic mass is 16.2.